The lowest BCUT2D eigenvalue weighted by atomic mass is 10.0. The molecule has 0 aliphatic carbocycles. The Kier molecular flexibility index (Phi) is 1.66. The van der Waals surface area contributed by atoms with Gasteiger partial charge in [0, 0.05) is 13.1 Å². The van der Waals surface area contributed by atoms with Crippen LogP contribution in [-0.2, 0) is 13.0 Å². The highest BCUT2D eigenvalue weighted by Gasteiger charge is 2.10. The van der Waals surface area contributed by atoms with E-state index in [-0.39, 0.29) is 0 Å². The summed E-state index contributed by atoms with van der Waals surface area (Å²) in [4.78, 5) is 2.35. The molecule has 0 saturated carbocycles. The third-order valence-corrected chi connectivity index (χ3v) is 2.25. The van der Waals surface area contributed by atoms with Gasteiger partial charge in [0.05, 0.1) is 0 Å². The lowest BCUT2D eigenvalue weighted by molar-refractivity contribution is 0.313. The molecule has 57 valence electrons. The van der Waals surface area contributed by atoms with Crippen LogP contribution in [0.3, 0.4) is 0 Å². The van der Waals surface area contributed by atoms with Crippen molar-refractivity contribution in [3.8, 4) is 0 Å². The van der Waals surface area contributed by atoms with Gasteiger partial charge in [-0.2, -0.15) is 0 Å². The molecular formula is C10H12N. The first-order chi connectivity index (χ1) is 5.36. The summed E-state index contributed by atoms with van der Waals surface area (Å²) in [6.07, 6.45) is 1.18. The van der Waals surface area contributed by atoms with Gasteiger partial charge >= 0.3 is 0 Å². The molecule has 0 spiro atoms. The molecule has 1 aromatic rings. The van der Waals surface area contributed by atoms with Crippen LogP contribution in [0, 0.1) is 6.07 Å². The summed E-state index contributed by atoms with van der Waals surface area (Å²) >= 11 is 0. The van der Waals surface area contributed by atoms with Crippen LogP contribution in [0.25, 0.3) is 0 Å². The van der Waals surface area contributed by atoms with E-state index >= 15 is 0 Å². The molecular weight excluding hydrogens is 134 g/mol. The van der Waals surface area contributed by atoms with Crippen LogP contribution < -0.4 is 0 Å². The molecule has 0 bridgehead atoms. The quantitative estimate of drug-likeness (QED) is 0.536. The topological polar surface area (TPSA) is 3.24 Å². The zero-order chi connectivity index (χ0) is 7.68. The van der Waals surface area contributed by atoms with Gasteiger partial charge < -0.3 is 4.90 Å². The summed E-state index contributed by atoms with van der Waals surface area (Å²) in [7, 11) is 2.17. The predicted molar refractivity (Wildman–Crippen MR) is 45.3 cm³/mol. The Balaban J connectivity index is 2.34. The van der Waals surface area contributed by atoms with Gasteiger partial charge in [-0.1, -0.05) is 18.2 Å². The molecule has 0 unspecified atom stereocenters. The van der Waals surface area contributed by atoms with Crippen molar-refractivity contribution in [3.63, 3.8) is 0 Å². The van der Waals surface area contributed by atoms with Crippen LogP contribution in [0.5, 0.6) is 0 Å². The van der Waals surface area contributed by atoms with Gasteiger partial charge in [-0.25, -0.2) is 0 Å². The largest absolute Gasteiger partial charge is 0.302 e. The van der Waals surface area contributed by atoms with Crippen molar-refractivity contribution in [2.24, 2.45) is 0 Å². The molecule has 1 nitrogen and oxygen atoms in total. The minimum atomic E-state index is 1.10. The zero-order valence-corrected chi connectivity index (χ0v) is 6.80. The second-order valence-electron chi connectivity index (χ2n) is 3.18. The van der Waals surface area contributed by atoms with Crippen molar-refractivity contribution in [3.05, 3.63) is 35.4 Å². The van der Waals surface area contributed by atoms with Crippen LogP contribution in [-0.4, -0.2) is 18.5 Å². The fraction of sp³-hybridized carbons (Fsp3) is 0.400. The SMILES string of the molecule is CN1CCc2c[c]ccc2C1. The van der Waals surface area contributed by atoms with Crippen LogP contribution in [0.2, 0.25) is 0 Å². The van der Waals surface area contributed by atoms with E-state index in [1.165, 1.54) is 24.1 Å². The molecule has 0 saturated heterocycles. The second-order valence-corrected chi connectivity index (χ2v) is 3.18. The molecule has 0 aromatic heterocycles. The van der Waals surface area contributed by atoms with Gasteiger partial charge in [0.2, 0.25) is 0 Å². The van der Waals surface area contributed by atoms with Gasteiger partial charge in [-0.05, 0) is 30.7 Å². The third-order valence-electron chi connectivity index (χ3n) is 2.25. The molecule has 11 heavy (non-hydrogen) atoms. The Morgan fingerprint density at radius 2 is 2.36 bits per heavy atom. The Bertz CT molecular complexity index is 255. The molecule has 1 heteroatoms. The number of fused-ring (bicyclic) bond motifs is 1. The summed E-state index contributed by atoms with van der Waals surface area (Å²) in [6, 6.07) is 9.40. The Hall–Kier alpha value is -0.820. The van der Waals surface area contributed by atoms with Gasteiger partial charge in [-0.15, -0.1) is 0 Å². The van der Waals surface area contributed by atoms with E-state index in [0.717, 1.165) is 6.54 Å². The van der Waals surface area contributed by atoms with Crippen molar-refractivity contribution in [2.75, 3.05) is 13.6 Å². The maximum absolute atomic E-state index is 3.12. The van der Waals surface area contributed by atoms with Gasteiger partial charge in [0.25, 0.3) is 0 Å². The van der Waals surface area contributed by atoms with Crippen molar-refractivity contribution in [2.45, 2.75) is 13.0 Å². The second kappa shape index (κ2) is 2.67. The molecule has 1 aliphatic heterocycles. The van der Waals surface area contributed by atoms with Gasteiger partial charge in [0.1, 0.15) is 0 Å². The lowest BCUT2D eigenvalue weighted by Crippen LogP contribution is -2.26. The third kappa shape index (κ3) is 1.29. The molecule has 1 aliphatic rings. The van der Waals surface area contributed by atoms with E-state index in [0.29, 0.717) is 0 Å². The number of nitrogens with zero attached hydrogens (tertiary/aromatic N) is 1. The summed E-state index contributed by atoms with van der Waals surface area (Å²) in [5.74, 6) is 0. The molecule has 0 N–H and O–H groups in total. The predicted octanol–water partition coefficient (Wildman–Crippen LogP) is 1.47. The Labute approximate surface area is 67.6 Å². The highest BCUT2D eigenvalue weighted by molar-refractivity contribution is 5.28. The maximum atomic E-state index is 3.12. The van der Waals surface area contributed by atoms with Crippen LogP contribution >= 0.6 is 0 Å². The average Bonchev–Trinajstić information content (AvgIpc) is 2.04. The molecule has 0 amide bonds. The van der Waals surface area contributed by atoms with Crippen LogP contribution in [0.15, 0.2) is 18.2 Å². The fourth-order valence-electron chi connectivity index (χ4n) is 1.57. The minimum Gasteiger partial charge on any atom is -0.302 e. The van der Waals surface area contributed by atoms with Crippen molar-refractivity contribution in [1.82, 2.24) is 4.90 Å². The van der Waals surface area contributed by atoms with E-state index in [1.54, 1.807) is 0 Å². The maximum Gasteiger partial charge on any atom is 0.0233 e. The standard InChI is InChI=1S/C10H12N/c1-11-7-6-9-4-2-3-5-10(9)8-11/h3-5H,6-8H2,1H3. The first-order valence-corrected chi connectivity index (χ1v) is 4.02. The molecule has 0 fully saturated rings. The minimum absolute atomic E-state index is 1.10. The first-order valence-electron chi connectivity index (χ1n) is 4.02. The van der Waals surface area contributed by atoms with E-state index in [1.807, 2.05) is 6.07 Å². The normalized spacial score (nSPS) is 17.9. The highest BCUT2D eigenvalue weighted by atomic mass is 15.1. The van der Waals surface area contributed by atoms with Crippen LogP contribution in [0.1, 0.15) is 11.1 Å². The monoisotopic (exact) mass is 146 g/mol. The van der Waals surface area contributed by atoms with E-state index in [2.05, 4.69) is 30.1 Å². The number of hydrogen-bond donors (Lipinski definition) is 0. The lowest BCUT2D eigenvalue weighted by Gasteiger charge is -2.24. The number of likely N-dealkylation sites (N-methyl/N-ethyl adjacent to an activating group) is 1. The van der Waals surface area contributed by atoms with E-state index in [9.17, 15) is 0 Å². The Morgan fingerprint density at radius 3 is 3.27 bits per heavy atom. The summed E-state index contributed by atoms with van der Waals surface area (Å²) in [6.45, 7) is 2.29. The van der Waals surface area contributed by atoms with E-state index < -0.39 is 0 Å². The smallest absolute Gasteiger partial charge is 0.0233 e. The van der Waals surface area contributed by atoms with E-state index in [4.69, 9.17) is 0 Å². The number of rotatable bonds is 0. The van der Waals surface area contributed by atoms with Gasteiger partial charge in [0.15, 0.2) is 0 Å². The summed E-state index contributed by atoms with van der Waals surface area (Å²) < 4.78 is 0. The zero-order valence-electron chi connectivity index (χ0n) is 6.80. The number of hydrogen-bond acceptors (Lipinski definition) is 1. The molecule has 1 heterocycles. The molecule has 2 rings (SSSR count). The van der Waals surface area contributed by atoms with Crippen LogP contribution in [0.4, 0.5) is 0 Å². The van der Waals surface area contributed by atoms with Crippen molar-refractivity contribution < 1.29 is 0 Å². The molecule has 1 aromatic carbocycles. The first kappa shape index (κ1) is 6.86. The molecule has 0 atom stereocenters. The van der Waals surface area contributed by atoms with Gasteiger partial charge in [-0.3, -0.25) is 0 Å². The summed E-state index contributed by atoms with van der Waals surface area (Å²) in [5.41, 5.74) is 2.95. The molecule has 1 radical (unpaired) electrons. The number of benzene rings is 1. The van der Waals surface area contributed by atoms with Crippen molar-refractivity contribution >= 4 is 0 Å². The van der Waals surface area contributed by atoms with Crippen molar-refractivity contribution in [1.29, 1.82) is 0 Å². The highest BCUT2D eigenvalue weighted by Crippen LogP contribution is 2.16. The summed E-state index contributed by atoms with van der Waals surface area (Å²) in [5, 5.41) is 0. The Morgan fingerprint density at radius 1 is 1.45 bits per heavy atom. The average molecular weight is 146 g/mol. The fourth-order valence-corrected chi connectivity index (χ4v) is 1.57.